The Labute approximate surface area is 155 Å². The maximum absolute atomic E-state index is 12.6. The van der Waals surface area contributed by atoms with Gasteiger partial charge in [0.15, 0.2) is 0 Å². The lowest BCUT2D eigenvalue weighted by atomic mass is 10.1. The molecule has 0 N–H and O–H groups in total. The average molecular weight is 360 g/mol. The normalized spacial score (nSPS) is 21.7. The number of aryl methyl sites for hydroxylation is 1. The van der Waals surface area contributed by atoms with E-state index < -0.39 is 6.10 Å². The monoisotopic (exact) mass is 360 g/mol. The van der Waals surface area contributed by atoms with E-state index in [-0.39, 0.29) is 17.9 Å². The molecule has 2 saturated heterocycles. The molecule has 6 nitrogen and oxygen atoms in total. The molecular weight excluding hydrogens is 332 g/mol. The molecule has 0 aromatic heterocycles. The number of ether oxygens (including phenoxy) is 2. The Kier molecular flexibility index (Phi) is 6.27. The van der Waals surface area contributed by atoms with Crippen LogP contribution in [0.2, 0.25) is 0 Å². The van der Waals surface area contributed by atoms with Gasteiger partial charge in [-0.2, -0.15) is 0 Å². The van der Waals surface area contributed by atoms with Gasteiger partial charge in [0.25, 0.3) is 11.8 Å². The summed E-state index contributed by atoms with van der Waals surface area (Å²) in [4.78, 5) is 28.7. The molecule has 1 aromatic carbocycles. The number of piperazine rings is 1. The van der Waals surface area contributed by atoms with E-state index in [0.29, 0.717) is 38.3 Å². The van der Waals surface area contributed by atoms with Gasteiger partial charge in [-0.3, -0.25) is 9.59 Å². The van der Waals surface area contributed by atoms with Crippen LogP contribution < -0.4 is 0 Å². The fourth-order valence-corrected chi connectivity index (χ4v) is 3.36. The third-order valence-corrected chi connectivity index (χ3v) is 5.08. The lowest BCUT2D eigenvalue weighted by Gasteiger charge is -2.36. The molecule has 0 radical (unpaired) electrons. The number of nitrogens with zero attached hydrogens (tertiary/aromatic N) is 2. The Morgan fingerprint density at radius 3 is 2.42 bits per heavy atom. The summed E-state index contributed by atoms with van der Waals surface area (Å²) >= 11 is 0. The van der Waals surface area contributed by atoms with Crippen LogP contribution in [0.5, 0.6) is 0 Å². The van der Waals surface area contributed by atoms with Crippen molar-refractivity contribution in [2.24, 2.45) is 0 Å². The standard InChI is InChI=1S/C20H28N2O4/c1-15-5-7-17(8-6-15)20(24)22-11-9-21(10-12-22)19(23)16(2)26-14-18-4-3-13-25-18/h5-8,16,18H,3-4,9-14H2,1-2H3. The van der Waals surface area contributed by atoms with Gasteiger partial charge in [0.05, 0.1) is 12.7 Å². The highest BCUT2D eigenvalue weighted by atomic mass is 16.5. The average Bonchev–Trinajstić information content (AvgIpc) is 3.19. The van der Waals surface area contributed by atoms with Gasteiger partial charge >= 0.3 is 0 Å². The number of carbonyl (C=O) groups excluding carboxylic acids is 2. The van der Waals surface area contributed by atoms with Gasteiger partial charge in [0.1, 0.15) is 6.10 Å². The Balaban J connectivity index is 1.45. The molecule has 2 aliphatic heterocycles. The van der Waals surface area contributed by atoms with Crippen LogP contribution >= 0.6 is 0 Å². The van der Waals surface area contributed by atoms with Gasteiger partial charge in [-0.15, -0.1) is 0 Å². The van der Waals surface area contributed by atoms with Crippen LogP contribution in [0.4, 0.5) is 0 Å². The summed E-state index contributed by atoms with van der Waals surface area (Å²) in [6.45, 7) is 7.25. The van der Waals surface area contributed by atoms with E-state index in [1.54, 1.807) is 11.8 Å². The molecule has 3 rings (SSSR count). The van der Waals surface area contributed by atoms with Crippen LogP contribution in [0.3, 0.4) is 0 Å². The van der Waals surface area contributed by atoms with Gasteiger partial charge < -0.3 is 19.3 Å². The van der Waals surface area contributed by atoms with Crippen molar-refractivity contribution in [3.8, 4) is 0 Å². The molecule has 2 atom stereocenters. The second-order valence-electron chi connectivity index (χ2n) is 7.09. The van der Waals surface area contributed by atoms with Crippen LogP contribution in [0, 0.1) is 6.92 Å². The largest absolute Gasteiger partial charge is 0.376 e. The minimum absolute atomic E-state index is 0.00886. The minimum Gasteiger partial charge on any atom is -0.376 e. The number of amides is 2. The summed E-state index contributed by atoms with van der Waals surface area (Å²) in [6.07, 6.45) is 1.71. The first-order chi connectivity index (χ1) is 12.5. The maximum Gasteiger partial charge on any atom is 0.253 e. The molecule has 6 heteroatoms. The number of benzene rings is 1. The summed E-state index contributed by atoms with van der Waals surface area (Å²) in [5.41, 5.74) is 1.83. The highest BCUT2D eigenvalue weighted by molar-refractivity contribution is 5.94. The van der Waals surface area contributed by atoms with E-state index in [0.717, 1.165) is 25.0 Å². The molecule has 2 amide bonds. The molecule has 0 aliphatic carbocycles. The van der Waals surface area contributed by atoms with Gasteiger partial charge in [-0.25, -0.2) is 0 Å². The first-order valence-corrected chi connectivity index (χ1v) is 9.42. The van der Waals surface area contributed by atoms with E-state index in [1.165, 1.54) is 0 Å². The van der Waals surface area contributed by atoms with Crippen molar-refractivity contribution in [2.45, 2.75) is 38.9 Å². The van der Waals surface area contributed by atoms with E-state index in [9.17, 15) is 9.59 Å². The third-order valence-electron chi connectivity index (χ3n) is 5.08. The first kappa shape index (κ1) is 18.9. The van der Waals surface area contributed by atoms with Gasteiger partial charge in [-0.1, -0.05) is 17.7 Å². The van der Waals surface area contributed by atoms with Crippen LogP contribution in [-0.2, 0) is 14.3 Å². The van der Waals surface area contributed by atoms with Crippen molar-refractivity contribution in [1.82, 2.24) is 9.80 Å². The van der Waals surface area contributed by atoms with Crippen LogP contribution in [0.15, 0.2) is 24.3 Å². The fourth-order valence-electron chi connectivity index (χ4n) is 3.36. The minimum atomic E-state index is -0.474. The molecular formula is C20H28N2O4. The topological polar surface area (TPSA) is 59.1 Å². The summed E-state index contributed by atoms with van der Waals surface area (Å²) in [6, 6.07) is 7.60. The van der Waals surface area contributed by atoms with Crippen molar-refractivity contribution >= 4 is 11.8 Å². The quantitative estimate of drug-likeness (QED) is 0.804. The highest BCUT2D eigenvalue weighted by Crippen LogP contribution is 2.14. The molecule has 0 spiro atoms. The highest BCUT2D eigenvalue weighted by Gasteiger charge is 2.28. The Hall–Kier alpha value is -1.92. The second-order valence-corrected chi connectivity index (χ2v) is 7.09. The number of rotatable bonds is 5. The van der Waals surface area contributed by atoms with E-state index >= 15 is 0 Å². The van der Waals surface area contributed by atoms with Crippen molar-refractivity contribution in [3.63, 3.8) is 0 Å². The first-order valence-electron chi connectivity index (χ1n) is 9.42. The number of carbonyl (C=O) groups is 2. The molecule has 2 unspecified atom stereocenters. The predicted octanol–water partition coefficient (Wildman–Crippen LogP) is 1.86. The van der Waals surface area contributed by atoms with Crippen LogP contribution in [0.1, 0.15) is 35.7 Å². The van der Waals surface area contributed by atoms with Crippen molar-refractivity contribution in [3.05, 3.63) is 35.4 Å². The van der Waals surface area contributed by atoms with Gasteiger partial charge in [0, 0.05) is 38.3 Å². The van der Waals surface area contributed by atoms with E-state index in [2.05, 4.69) is 0 Å². The van der Waals surface area contributed by atoms with E-state index in [4.69, 9.17) is 9.47 Å². The number of hydrogen-bond donors (Lipinski definition) is 0. The Morgan fingerprint density at radius 1 is 1.15 bits per heavy atom. The third kappa shape index (κ3) is 4.62. The molecule has 26 heavy (non-hydrogen) atoms. The Bertz CT molecular complexity index is 617. The fraction of sp³-hybridized carbons (Fsp3) is 0.600. The lowest BCUT2D eigenvalue weighted by Crippen LogP contribution is -2.53. The van der Waals surface area contributed by atoms with Crippen LogP contribution in [-0.4, -0.2) is 73.2 Å². The molecule has 2 aliphatic rings. The lowest BCUT2D eigenvalue weighted by molar-refractivity contribution is -0.146. The van der Waals surface area contributed by atoms with Crippen LogP contribution in [0.25, 0.3) is 0 Å². The molecule has 0 saturated carbocycles. The molecule has 142 valence electrons. The summed E-state index contributed by atoms with van der Waals surface area (Å²) in [7, 11) is 0. The SMILES string of the molecule is Cc1ccc(C(=O)N2CCN(C(=O)C(C)OCC3CCCO3)CC2)cc1. The molecule has 0 bridgehead atoms. The van der Waals surface area contributed by atoms with Crippen molar-refractivity contribution < 1.29 is 19.1 Å². The summed E-state index contributed by atoms with van der Waals surface area (Å²) < 4.78 is 11.2. The predicted molar refractivity (Wildman–Crippen MR) is 98.1 cm³/mol. The number of hydrogen-bond acceptors (Lipinski definition) is 4. The summed E-state index contributed by atoms with van der Waals surface area (Å²) in [5.74, 6) is 0.0187. The molecule has 2 fully saturated rings. The summed E-state index contributed by atoms with van der Waals surface area (Å²) in [5, 5.41) is 0. The zero-order valence-electron chi connectivity index (χ0n) is 15.6. The smallest absolute Gasteiger partial charge is 0.253 e. The van der Waals surface area contributed by atoms with Gasteiger partial charge in [0.2, 0.25) is 0 Å². The van der Waals surface area contributed by atoms with E-state index in [1.807, 2.05) is 36.1 Å². The van der Waals surface area contributed by atoms with Crippen molar-refractivity contribution in [1.29, 1.82) is 0 Å². The van der Waals surface area contributed by atoms with Gasteiger partial charge in [-0.05, 0) is 38.8 Å². The zero-order chi connectivity index (χ0) is 18.5. The zero-order valence-corrected chi connectivity index (χ0v) is 15.6. The van der Waals surface area contributed by atoms with Crippen molar-refractivity contribution in [2.75, 3.05) is 39.4 Å². The maximum atomic E-state index is 12.6. The Morgan fingerprint density at radius 2 is 1.81 bits per heavy atom. The second kappa shape index (κ2) is 8.64. The molecule has 1 aromatic rings. The molecule has 2 heterocycles.